The summed E-state index contributed by atoms with van der Waals surface area (Å²) in [4.78, 5) is 16.2. The van der Waals surface area contributed by atoms with Crippen LogP contribution in [0.3, 0.4) is 0 Å². The maximum Gasteiger partial charge on any atom is 0.159 e. The van der Waals surface area contributed by atoms with Gasteiger partial charge in [-0.25, -0.2) is 4.39 Å². The molecule has 2 aromatic carbocycles. The van der Waals surface area contributed by atoms with Gasteiger partial charge in [0.2, 0.25) is 0 Å². The molecule has 0 amide bonds. The molecular weight excluding hydrogens is 371 g/mol. The van der Waals surface area contributed by atoms with Gasteiger partial charge < -0.3 is 9.84 Å². The summed E-state index contributed by atoms with van der Waals surface area (Å²) in [5, 5.41) is 9.53. The number of nitrogens with zero attached hydrogens (tertiary/aromatic N) is 2. The van der Waals surface area contributed by atoms with Gasteiger partial charge in [-0.15, -0.1) is 0 Å². The molecule has 156 valence electrons. The number of halogens is 1. The third-order valence-electron chi connectivity index (χ3n) is 5.52. The fourth-order valence-electron chi connectivity index (χ4n) is 3.88. The summed E-state index contributed by atoms with van der Waals surface area (Å²) >= 11 is 0. The molecule has 0 unspecified atom stereocenters. The van der Waals surface area contributed by atoms with Crippen LogP contribution in [0.1, 0.15) is 34.8 Å². The van der Waals surface area contributed by atoms with E-state index < -0.39 is 0 Å². The monoisotopic (exact) mass is 400 g/mol. The summed E-state index contributed by atoms with van der Waals surface area (Å²) < 4.78 is 19.5. The number of carbonyl (C=O) groups excluding carboxylic acids is 1. The van der Waals surface area contributed by atoms with E-state index in [1.807, 2.05) is 24.3 Å². The van der Waals surface area contributed by atoms with Crippen molar-refractivity contribution in [1.29, 1.82) is 0 Å². The van der Waals surface area contributed by atoms with Crippen LogP contribution in [0.5, 0.6) is 5.75 Å². The van der Waals surface area contributed by atoms with E-state index in [9.17, 15) is 14.3 Å². The number of aliphatic hydroxyl groups is 1. The number of benzene rings is 2. The fraction of sp³-hybridized carbons (Fsp3) is 0.435. The molecule has 1 aliphatic heterocycles. The van der Waals surface area contributed by atoms with Crippen LogP contribution in [0, 0.1) is 5.82 Å². The number of hydrogen-bond acceptors (Lipinski definition) is 5. The zero-order valence-electron chi connectivity index (χ0n) is 17.1. The van der Waals surface area contributed by atoms with Crippen LogP contribution in [0.15, 0.2) is 42.5 Å². The Hall–Kier alpha value is -2.28. The summed E-state index contributed by atoms with van der Waals surface area (Å²) in [6.45, 7) is 5.38. The van der Waals surface area contributed by atoms with Crippen molar-refractivity contribution < 1.29 is 19.0 Å². The quantitative estimate of drug-likeness (QED) is 0.690. The minimum absolute atomic E-state index is 0.0661. The highest BCUT2D eigenvalue weighted by Gasteiger charge is 2.27. The molecule has 1 atom stereocenters. The van der Waals surface area contributed by atoms with E-state index in [0.717, 1.165) is 37.3 Å². The molecule has 6 heteroatoms. The minimum Gasteiger partial charge on any atom is -0.497 e. The molecule has 3 rings (SSSR count). The predicted octanol–water partition coefficient (Wildman–Crippen LogP) is 3.11. The first-order valence-corrected chi connectivity index (χ1v) is 9.99. The van der Waals surface area contributed by atoms with Crippen LogP contribution in [0.25, 0.3) is 0 Å². The van der Waals surface area contributed by atoms with Gasteiger partial charge in [-0.2, -0.15) is 0 Å². The standard InChI is InChI=1S/C23H29FN2O3/c1-17(28)19-5-3-4-18(12-19)14-25-9-10-26(21(16-25)8-11-27)15-20-6-7-22(29-2)13-23(20)24/h3-7,12-13,21,27H,8-11,14-16H2,1-2H3/t21-/m0/s1. The normalized spacial score (nSPS) is 18.0. The number of ketones is 1. The number of hydrogen-bond donors (Lipinski definition) is 1. The molecule has 1 heterocycles. The van der Waals surface area contributed by atoms with Crippen LogP contribution in [-0.4, -0.2) is 60.1 Å². The number of rotatable bonds is 8. The fourth-order valence-corrected chi connectivity index (χ4v) is 3.88. The average Bonchev–Trinajstić information content (AvgIpc) is 2.71. The molecule has 5 nitrogen and oxygen atoms in total. The number of piperazine rings is 1. The highest BCUT2D eigenvalue weighted by atomic mass is 19.1. The first-order valence-electron chi connectivity index (χ1n) is 9.99. The third-order valence-corrected chi connectivity index (χ3v) is 5.52. The lowest BCUT2D eigenvalue weighted by Gasteiger charge is -2.41. The molecule has 0 aromatic heterocycles. The maximum atomic E-state index is 14.4. The molecule has 1 N–H and O–H groups in total. The van der Waals surface area contributed by atoms with Crippen molar-refractivity contribution in [3.63, 3.8) is 0 Å². The second kappa shape index (κ2) is 9.96. The van der Waals surface area contributed by atoms with Gasteiger partial charge in [-0.3, -0.25) is 14.6 Å². The molecule has 0 spiro atoms. The Morgan fingerprint density at radius 3 is 2.72 bits per heavy atom. The van der Waals surface area contributed by atoms with Crippen molar-refractivity contribution in [2.75, 3.05) is 33.4 Å². The van der Waals surface area contributed by atoms with Gasteiger partial charge in [0.25, 0.3) is 0 Å². The summed E-state index contributed by atoms with van der Waals surface area (Å²) in [5.41, 5.74) is 2.47. The van der Waals surface area contributed by atoms with E-state index >= 15 is 0 Å². The largest absolute Gasteiger partial charge is 0.497 e. The predicted molar refractivity (Wildman–Crippen MR) is 111 cm³/mol. The molecule has 2 aromatic rings. The minimum atomic E-state index is -0.268. The van der Waals surface area contributed by atoms with E-state index in [4.69, 9.17) is 4.74 Å². The van der Waals surface area contributed by atoms with Crippen molar-refractivity contribution in [3.8, 4) is 5.75 Å². The molecule has 1 saturated heterocycles. The third kappa shape index (κ3) is 5.63. The Labute approximate surface area is 171 Å². The van der Waals surface area contributed by atoms with Crippen LogP contribution in [0.4, 0.5) is 4.39 Å². The Morgan fingerprint density at radius 1 is 1.21 bits per heavy atom. The van der Waals surface area contributed by atoms with Gasteiger partial charge in [0, 0.05) is 62.6 Å². The van der Waals surface area contributed by atoms with Crippen molar-refractivity contribution in [2.24, 2.45) is 0 Å². The smallest absolute Gasteiger partial charge is 0.159 e. The van der Waals surface area contributed by atoms with Gasteiger partial charge in [0.15, 0.2) is 5.78 Å². The van der Waals surface area contributed by atoms with Gasteiger partial charge in [-0.05, 0) is 31.0 Å². The molecule has 29 heavy (non-hydrogen) atoms. The second-order valence-corrected chi connectivity index (χ2v) is 7.59. The van der Waals surface area contributed by atoms with Crippen molar-refractivity contribution in [1.82, 2.24) is 9.80 Å². The van der Waals surface area contributed by atoms with Crippen LogP contribution >= 0.6 is 0 Å². The molecule has 1 fully saturated rings. The maximum absolute atomic E-state index is 14.4. The lowest BCUT2D eigenvalue weighted by molar-refractivity contribution is 0.0493. The number of aliphatic hydroxyl groups excluding tert-OH is 1. The first-order chi connectivity index (χ1) is 14.0. The summed E-state index contributed by atoms with van der Waals surface area (Å²) in [6.07, 6.45) is 0.641. The topological polar surface area (TPSA) is 53.0 Å². The van der Waals surface area contributed by atoms with E-state index in [1.165, 1.54) is 13.2 Å². The van der Waals surface area contributed by atoms with Crippen molar-refractivity contribution in [2.45, 2.75) is 32.5 Å². The van der Waals surface area contributed by atoms with Gasteiger partial charge >= 0.3 is 0 Å². The van der Waals surface area contributed by atoms with E-state index in [0.29, 0.717) is 24.3 Å². The molecule has 1 aliphatic rings. The SMILES string of the molecule is COc1ccc(CN2CCN(Cc3cccc(C(C)=O)c3)C[C@@H]2CCO)c(F)c1. The second-order valence-electron chi connectivity index (χ2n) is 7.59. The van der Waals surface area contributed by atoms with E-state index in [1.54, 1.807) is 19.1 Å². The molecule has 0 bridgehead atoms. The molecule has 0 radical (unpaired) electrons. The first kappa shape index (κ1) is 21.4. The number of ether oxygens (including phenoxy) is 1. The summed E-state index contributed by atoms with van der Waals surface area (Å²) in [6, 6.07) is 12.8. The van der Waals surface area contributed by atoms with E-state index in [-0.39, 0.29) is 24.2 Å². The Balaban J connectivity index is 1.66. The van der Waals surface area contributed by atoms with Crippen molar-refractivity contribution in [3.05, 3.63) is 65.0 Å². The Bertz CT molecular complexity index is 843. The van der Waals surface area contributed by atoms with Gasteiger partial charge in [0.1, 0.15) is 11.6 Å². The van der Waals surface area contributed by atoms with Crippen LogP contribution < -0.4 is 4.74 Å². The zero-order chi connectivity index (χ0) is 20.8. The highest BCUT2D eigenvalue weighted by molar-refractivity contribution is 5.94. The summed E-state index contributed by atoms with van der Waals surface area (Å²) in [5.74, 6) is 0.308. The van der Waals surface area contributed by atoms with Crippen molar-refractivity contribution >= 4 is 5.78 Å². The van der Waals surface area contributed by atoms with Gasteiger partial charge in [0.05, 0.1) is 7.11 Å². The van der Waals surface area contributed by atoms with Crippen LogP contribution in [0.2, 0.25) is 0 Å². The zero-order valence-corrected chi connectivity index (χ0v) is 17.1. The lowest BCUT2D eigenvalue weighted by atomic mass is 10.0. The Morgan fingerprint density at radius 2 is 2.03 bits per heavy atom. The van der Waals surface area contributed by atoms with E-state index in [2.05, 4.69) is 9.80 Å². The molecular formula is C23H29FN2O3. The number of carbonyl (C=O) groups is 1. The summed E-state index contributed by atoms with van der Waals surface area (Å²) in [7, 11) is 1.52. The molecule has 0 aliphatic carbocycles. The Kier molecular flexibility index (Phi) is 7.36. The number of Topliss-reactive ketones (excluding diaryl/α,β-unsaturated/α-hetero) is 1. The average molecular weight is 400 g/mol. The highest BCUT2D eigenvalue weighted by Crippen LogP contribution is 2.22. The van der Waals surface area contributed by atoms with Crippen LogP contribution in [-0.2, 0) is 13.1 Å². The van der Waals surface area contributed by atoms with Gasteiger partial charge in [-0.1, -0.05) is 24.3 Å². The lowest BCUT2D eigenvalue weighted by Crippen LogP contribution is -2.52. The number of methoxy groups -OCH3 is 1. The molecule has 0 saturated carbocycles.